The van der Waals surface area contributed by atoms with Crippen LogP contribution in [0, 0.1) is 0 Å². The highest BCUT2D eigenvalue weighted by Crippen LogP contribution is 2.20. The Labute approximate surface area is 129 Å². The van der Waals surface area contributed by atoms with Crippen LogP contribution in [-0.4, -0.2) is 11.7 Å². The SMILES string of the molecule is S=C(NCCc1coc2ccccc12)Nc1ccccc1. The van der Waals surface area contributed by atoms with Crippen LogP contribution in [-0.2, 0) is 6.42 Å². The number of anilines is 1. The molecule has 0 saturated heterocycles. The smallest absolute Gasteiger partial charge is 0.170 e. The van der Waals surface area contributed by atoms with Crippen molar-refractivity contribution in [2.75, 3.05) is 11.9 Å². The Morgan fingerprint density at radius 3 is 2.62 bits per heavy atom. The van der Waals surface area contributed by atoms with E-state index < -0.39 is 0 Å². The van der Waals surface area contributed by atoms with E-state index in [2.05, 4.69) is 16.7 Å². The van der Waals surface area contributed by atoms with Crippen molar-refractivity contribution in [1.82, 2.24) is 5.32 Å². The number of furan rings is 1. The van der Waals surface area contributed by atoms with Gasteiger partial charge in [0.25, 0.3) is 0 Å². The van der Waals surface area contributed by atoms with Gasteiger partial charge in [0, 0.05) is 17.6 Å². The average Bonchev–Trinajstić information content (AvgIpc) is 2.92. The molecule has 0 saturated carbocycles. The Morgan fingerprint density at radius 2 is 1.76 bits per heavy atom. The molecule has 2 N–H and O–H groups in total. The maximum absolute atomic E-state index is 5.53. The van der Waals surface area contributed by atoms with E-state index in [4.69, 9.17) is 16.6 Å². The van der Waals surface area contributed by atoms with E-state index in [-0.39, 0.29) is 0 Å². The van der Waals surface area contributed by atoms with Crippen molar-refractivity contribution in [1.29, 1.82) is 0 Å². The summed E-state index contributed by atoms with van der Waals surface area (Å²) in [7, 11) is 0. The van der Waals surface area contributed by atoms with Gasteiger partial charge in [0.15, 0.2) is 5.11 Å². The monoisotopic (exact) mass is 296 g/mol. The average molecular weight is 296 g/mol. The molecule has 3 aromatic rings. The molecule has 106 valence electrons. The second-order valence-electron chi connectivity index (χ2n) is 4.75. The Hall–Kier alpha value is -2.33. The first-order chi connectivity index (χ1) is 10.3. The predicted molar refractivity (Wildman–Crippen MR) is 90.6 cm³/mol. The van der Waals surface area contributed by atoms with Gasteiger partial charge in [0.05, 0.1) is 6.26 Å². The van der Waals surface area contributed by atoms with Crippen molar-refractivity contribution in [2.24, 2.45) is 0 Å². The van der Waals surface area contributed by atoms with E-state index in [1.165, 1.54) is 10.9 Å². The van der Waals surface area contributed by atoms with E-state index in [9.17, 15) is 0 Å². The summed E-state index contributed by atoms with van der Waals surface area (Å²) in [6, 6.07) is 18.0. The van der Waals surface area contributed by atoms with E-state index in [1.807, 2.05) is 54.8 Å². The second-order valence-corrected chi connectivity index (χ2v) is 5.16. The van der Waals surface area contributed by atoms with Gasteiger partial charge in [-0.1, -0.05) is 36.4 Å². The van der Waals surface area contributed by atoms with Crippen LogP contribution in [0.2, 0.25) is 0 Å². The Balaban J connectivity index is 1.53. The summed E-state index contributed by atoms with van der Waals surface area (Å²) in [5.41, 5.74) is 3.11. The Bertz CT molecular complexity index is 737. The van der Waals surface area contributed by atoms with Crippen LogP contribution in [0.4, 0.5) is 5.69 Å². The van der Waals surface area contributed by atoms with Crippen molar-refractivity contribution in [3.63, 3.8) is 0 Å². The summed E-state index contributed by atoms with van der Waals surface area (Å²) in [5, 5.41) is 8.17. The fourth-order valence-corrected chi connectivity index (χ4v) is 2.45. The molecule has 0 fully saturated rings. The van der Waals surface area contributed by atoms with E-state index in [0.29, 0.717) is 5.11 Å². The Morgan fingerprint density at radius 1 is 1.00 bits per heavy atom. The molecule has 1 aromatic heterocycles. The third-order valence-corrected chi connectivity index (χ3v) is 3.52. The van der Waals surface area contributed by atoms with E-state index in [0.717, 1.165) is 24.2 Å². The number of hydrogen-bond acceptors (Lipinski definition) is 2. The summed E-state index contributed by atoms with van der Waals surface area (Å²) in [6.45, 7) is 0.766. The fraction of sp³-hybridized carbons (Fsp3) is 0.118. The maximum Gasteiger partial charge on any atom is 0.170 e. The molecule has 0 bridgehead atoms. The van der Waals surface area contributed by atoms with E-state index >= 15 is 0 Å². The molecule has 0 amide bonds. The number of hydrogen-bond donors (Lipinski definition) is 2. The third kappa shape index (κ3) is 3.41. The van der Waals surface area contributed by atoms with Gasteiger partial charge >= 0.3 is 0 Å². The van der Waals surface area contributed by atoms with Crippen molar-refractivity contribution >= 4 is 34.0 Å². The van der Waals surface area contributed by atoms with Gasteiger partial charge in [0.1, 0.15) is 5.58 Å². The number of benzene rings is 2. The van der Waals surface area contributed by atoms with Crippen molar-refractivity contribution in [3.05, 3.63) is 66.4 Å². The van der Waals surface area contributed by atoms with Crippen molar-refractivity contribution in [2.45, 2.75) is 6.42 Å². The summed E-state index contributed by atoms with van der Waals surface area (Å²) >= 11 is 5.28. The Kier molecular flexibility index (Phi) is 4.17. The van der Waals surface area contributed by atoms with Crippen LogP contribution >= 0.6 is 12.2 Å². The number of rotatable bonds is 4. The highest BCUT2D eigenvalue weighted by molar-refractivity contribution is 7.80. The lowest BCUT2D eigenvalue weighted by Crippen LogP contribution is -2.30. The number of para-hydroxylation sites is 2. The fourth-order valence-electron chi connectivity index (χ4n) is 2.23. The maximum atomic E-state index is 5.53. The second kappa shape index (κ2) is 6.41. The lowest BCUT2D eigenvalue weighted by Gasteiger charge is -2.09. The van der Waals surface area contributed by atoms with Crippen molar-refractivity contribution in [3.8, 4) is 0 Å². The molecule has 0 atom stereocenters. The lowest BCUT2D eigenvalue weighted by atomic mass is 10.1. The minimum atomic E-state index is 0.633. The third-order valence-electron chi connectivity index (χ3n) is 3.27. The quantitative estimate of drug-likeness (QED) is 0.715. The molecule has 3 rings (SSSR count). The zero-order chi connectivity index (χ0) is 14.5. The minimum absolute atomic E-state index is 0.633. The molecule has 0 aliphatic carbocycles. The molecule has 0 unspecified atom stereocenters. The molecule has 0 spiro atoms. The minimum Gasteiger partial charge on any atom is -0.464 e. The zero-order valence-corrected chi connectivity index (χ0v) is 12.3. The predicted octanol–water partition coefficient (Wildman–Crippen LogP) is 3.96. The highest BCUT2D eigenvalue weighted by atomic mass is 32.1. The standard InChI is InChI=1S/C17H16N2OS/c21-17(19-14-6-2-1-3-7-14)18-11-10-13-12-20-16-9-5-4-8-15(13)16/h1-9,12H,10-11H2,(H2,18,19,21). The van der Waals surface area contributed by atoms with Crippen molar-refractivity contribution < 1.29 is 4.42 Å². The van der Waals surface area contributed by atoms with Gasteiger partial charge in [-0.25, -0.2) is 0 Å². The van der Waals surface area contributed by atoms with E-state index in [1.54, 1.807) is 0 Å². The molecular weight excluding hydrogens is 280 g/mol. The van der Waals surface area contributed by atoms with Crippen LogP contribution < -0.4 is 10.6 Å². The molecule has 0 aliphatic heterocycles. The van der Waals surface area contributed by atoms with Gasteiger partial charge in [-0.15, -0.1) is 0 Å². The summed E-state index contributed by atoms with van der Waals surface area (Å²) in [4.78, 5) is 0. The molecule has 0 aliphatic rings. The van der Waals surface area contributed by atoms with Crippen LogP contribution in [0.5, 0.6) is 0 Å². The van der Waals surface area contributed by atoms with Gasteiger partial charge in [-0.2, -0.15) is 0 Å². The topological polar surface area (TPSA) is 37.2 Å². The first kappa shape index (κ1) is 13.6. The number of thiocarbonyl (C=S) groups is 1. The highest BCUT2D eigenvalue weighted by Gasteiger charge is 2.04. The van der Waals surface area contributed by atoms with Gasteiger partial charge < -0.3 is 15.1 Å². The van der Waals surface area contributed by atoms with Gasteiger partial charge in [0.2, 0.25) is 0 Å². The molecule has 4 heteroatoms. The van der Waals surface area contributed by atoms with Gasteiger partial charge in [-0.3, -0.25) is 0 Å². The van der Waals surface area contributed by atoms with Crippen LogP contribution in [0.1, 0.15) is 5.56 Å². The lowest BCUT2D eigenvalue weighted by molar-refractivity contribution is 0.609. The number of fused-ring (bicyclic) bond motifs is 1. The first-order valence-corrected chi connectivity index (χ1v) is 7.29. The van der Waals surface area contributed by atoms with Gasteiger partial charge in [-0.05, 0) is 42.4 Å². The molecular formula is C17H16N2OS. The molecule has 0 radical (unpaired) electrons. The molecule has 2 aromatic carbocycles. The molecule has 1 heterocycles. The van der Waals surface area contributed by atoms with Crippen LogP contribution in [0.25, 0.3) is 11.0 Å². The summed E-state index contributed by atoms with van der Waals surface area (Å²) in [5.74, 6) is 0. The molecule has 3 nitrogen and oxygen atoms in total. The van der Waals surface area contributed by atoms with Crippen LogP contribution in [0.3, 0.4) is 0 Å². The number of nitrogens with one attached hydrogen (secondary N) is 2. The molecule has 21 heavy (non-hydrogen) atoms. The zero-order valence-electron chi connectivity index (χ0n) is 11.5. The summed E-state index contributed by atoms with van der Waals surface area (Å²) < 4.78 is 5.53. The first-order valence-electron chi connectivity index (χ1n) is 6.88. The largest absolute Gasteiger partial charge is 0.464 e. The van der Waals surface area contributed by atoms with Crippen LogP contribution in [0.15, 0.2) is 65.3 Å². The summed E-state index contributed by atoms with van der Waals surface area (Å²) in [6.07, 6.45) is 2.69. The normalized spacial score (nSPS) is 10.5.